The third kappa shape index (κ3) is 4.91. The average Bonchev–Trinajstić information content (AvgIpc) is 2.75. The molecule has 9 heteroatoms. The Bertz CT molecular complexity index is 1230. The zero-order valence-corrected chi connectivity index (χ0v) is 20.7. The fourth-order valence-electron chi connectivity index (χ4n) is 4.20. The lowest BCUT2D eigenvalue weighted by molar-refractivity contribution is -0.137. The number of hydrogen-bond donors (Lipinski definition) is 1. The molecule has 0 spiro atoms. The predicted molar refractivity (Wildman–Crippen MR) is 133 cm³/mol. The first kappa shape index (κ1) is 26.4. The second-order valence-electron chi connectivity index (χ2n) is 8.45. The molecule has 1 aliphatic heterocycles. The molecule has 1 N–H and O–H groups in total. The summed E-state index contributed by atoms with van der Waals surface area (Å²) >= 11 is 12.0. The van der Waals surface area contributed by atoms with Crippen molar-refractivity contribution in [2.45, 2.75) is 32.0 Å². The smallest absolute Gasteiger partial charge is 0.304 e. The van der Waals surface area contributed by atoms with Crippen LogP contribution in [0, 0.1) is 0 Å². The molecule has 1 aliphatic rings. The predicted octanol–water partition coefficient (Wildman–Crippen LogP) is 7.53. The van der Waals surface area contributed by atoms with Crippen LogP contribution in [0.1, 0.15) is 36.1 Å². The fraction of sp³-hybridized carbons (Fsp3) is 0.240. The maximum atomic E-state index is 13.5. The molecule has 3 aromatic rings. The molecule has 0 aliphatic carbocycles. The van der Waals surface area contributed by atoms with Crippen LogP contribution >= 0.6 is 35.6 Å². The molecule has 0 saturated carbocycles. The Morgan fingerprint density at radius 1 is 0.941 bits per heavy atom. The first-order valence-electron chi connectivity index (χ1n) is 10.3. The lowest BCUT2D eigenvalue weighted by Gasteiger charge is -2.41. The SMILES string of the molecule is CC1(C)c2ccccc2N(C(=O)CNCc2ccc(Cl)c(Cl)c2)c2cc(C(F)(F)F)ccc21.Cl. The molecule has 180 valence electrons. The minimum absolute atomic E-state index is 0. The summed E-state index contributed by atoms with van der Waals surface area (Å²) in [5, 5.41) is 3.89. The van der Waals surface area contributed by atoms with Gasteiger partial charge in [-0.25, -0.2) is 0 Å². The summed E-state index contributed by atoms with van der Waals surface area (Å²) in [6.07, 6.45) is -4.52. The highest BCUT2D eigenvalue weighted by Crippen LogP contribution is 2.50. The van der Waals surface area contributed by atoms with Crippen molar-refractivity contribution in [2.24, 2.45) is 0 Å². The van der Waals surface area contributed by atoms with E-state index in [2.05, 4.69) is 5.32 Å². The Kier molecular flexibility index (Phi) is 7.58. The molecule has 0 saturated heterocycles. The van der Waals surface area contributed by atoms with Crippen molar-refractivity contribution in [3.05, 3.63) is 93.0 Å². The lowest BCUT2D eigenvalue weighted by Crippen LogP contribution is -2.41. The first-order chi connectivity index (χ1) is 15.5. The monoisotopic (exact) mass is 528 g/mol. The van der Waals surface area contributed by atoms with Gasteiger partial charge in [-0.15, -0.1) is 12.4 Å². The standard InChI is InChI=1S/C25H21Cl2F3N2O.ClH/c1-24(2)17-5-3-4-6-21(17)32(22-12-16(25(28,29)30)8-9-18(22)24)23(33)14-31-13-15-7-10-19(26)20(27)11-15;/h3-12,31H,13-14H2,1-2H3;1H. The number of amides is 1. The Balaban J connectivity index is 0.00000324. The van der Waals surface area contributed by atoms with E-state index >= 15 is 0 Å². The number of fused-ring (bicyclic) bond motifs is 2. The number of alkyl halides is 3. The molecular weight excluding hydrogens is 508 g/mol. The Morgan fingerprint density at radius 3 is 2.29 bits per heavy atom. The molecule has 0 aromatic heterocycles. The van der Waals surface area contributed by atoms with E-state index in [1.54, 1.807) is 30.3 Å². The molecule has 0 fully saturated rings. The summed E-state index contributed by atoms with van der Waals surface area (Å²) in [5.41, 5.74) is 1.82. The molecule has 1 heterocycles. The van der Waals surface area contributed by atoms with E-state index in [1.807, 2.05) is 26.0 Å². The van der Waals surface area contributed by atoms with Gasteiger partial charge in [-0.3, -0.25) is 9.69 Å². The first-order valence-corrected chi connectivity index (χ1v) is 11.0. The normalized spacial score (nSPS) is 14.1. The third-order valence-corrected chi connectivity index (χ3v) is 6.64. The number of carbonyl (C=O) groups is 1. The van der Waals surface area contributed by atoms with Crippen LogP contribution in [0.15, 0.2) is 60.7 Å². The van der Waals surface area contributed by atoms with Crippen molar-refractivity contribution in [1.29, 1.82) is 0 Å². The highest BCUT2D eigenvalue weighted by Gasteiger charge is 2.40. The minimum atomic E-state index is -4.52. The maximum Gasteiger partial charge on any atom is 0.416 e. The summed E-state index contributed by atoms with van der Waals surface area (Å²) < 4.78 is 40.5. The van der Waals surface area contributed by atoms with E-state index in [4.69, 9.17) is 23.2 Å². The van der Waals surface area contributed by atoms with E-state index in [0.717, 1.165) is 23.3 Å². The van der Waals surface area contributed by atoms with Crippen LogP contribution in [0.2, 0.25) is 10.0 Å². The van der Waals surface area contributed by atoms with Crippen LogP contribution in [0.25, 0.3) is 0 Å². The second-order valence-corrected chi connectivity index (χ2v) is 9.27. The zero-order valence-electron chi connectivity index (χ0n) is 18.3. The van der Waals surface area contributed by atoms with Gasteiger partial charge in [0.1, 0.15) is 0 Å². The van der Waals surface area contributed by atoms with Gasteiger partial charge in [0.2, 0.25) is 5.91 Å². The maximum absolute atomic E-state index is 13.5. The van der Waals surface area contributed by atoms with Crippen LogP contribution in [-0.2, 0) is 22.9 Å². The van der Waals surface area contributed by atoms with E-state index in [-0.39, 0.29) is 30.5 Å². The summed E-state index contributed by atoms with van der Waals surface area (Å²) in [6.45, 7) is 4.16. The zero-order chi connectivity index (χ0) is 24.0. The molecule has 0 unspecified atom stereocenters. The van der Waals surface area contributed by atoms with Crippen LogP contribution in [-0.4, -0.2) is 12.5 Å². The van der Waals surface area contributed by atoms with Crippen LogP contribution in [0.4, 0.5) is 24.5 Å². The van der Waals surface area contributed by atoms with Crippen LogP contribution < -0.4 is 10.2 Å². The summed E-state index contributed by atoms with van der Waals surface area (Å²) in [7, 11) is 0. The van der Waals surface area contributed by atoms with Crippen molar-refractivity contribution in [1.82, 2.24) is 5.32 Å². The number of anilines is 2. The summed E-state index contributed by atoms with van der Waals surface area (Å²) in [5.74, 6) is -0.362. The van der Waals surface area contributed by atoms with Gasteiger partial charge < -0.3 is 5.32 Å². The summed E-state index contributed by atoms with van der Waals surface area (Å²) in [6, 6.07) is 16.1. The molecule has 0 atom stereocenters. The van der Waals surface area contributed by atoms with E-state index in [9.17, 15) is 18.0 Å². The van der Waals surface area contributed by atoms with Gasteiger partial charge in [0, 0.05) is 12.0 Å². The van der Waals surface area contributed by atoms with Crippen molar-refractivity contribution in [3.8, 4) is 0 Å². The Labute approximate surface area is 212 Å². The number of hydrogen-bond acceptors (Lipinski definition) is 2. The van der Waals surface area contributed by atoms with E-state index in [0.29, 0.717) is 27.8 Å². The molecule has 0 bridgehead atoms. The minimum Gasteiger partial charge on any atom is -0.304 e. The van der Waals surface area contributed by atoms with Crippen molar-refractivity contribution in [3.63, 3.8) is 0 Å². The van der Waals surface area contributed by atoms with Gasteiger partial charge in [0.05, 0.1) is 33.5 Å². The van der Waals surface area contributed by atoms with Gasteiger partial charge in [0.25, 0.3) is 0 Å². The number of carbonyl (C=O) groups excluding carboxylic acids is 1. The van der Waals surface area contributed by atoms with E-state index in [1.165, 1.54) is 11.0 Å². The molecule has 34 heavy (non-hydrogen) atoms. The van der Waals surface area contributed by atoms with Gasteiger partial charge >= 0.3 is 6.18 Å². The molecule has 0 radical (unpaired) electrons. The van der Waals surface area contributed by atoms with Crippen molar-refractivity contribution in [2.75, 3.05) is 11.4 Å². The molecular formula is C25H22Cl3F3N2O. The molecule has 3 nitrogen and oxygen atoms in total. The Morgan fingerprint density at radius 2 is 1.62 bits per heavy atom. The highest BCUT2D eigenvalue weighted by atomic mass is 35.5. The van der Waals surface area contributed by atoms with Gasteiger partial charge in [-0.05, 0) is 47.0 Å². The fourth-order valence-corrected chi connectivity index (χ4v) is 4.53. The Hall–Kier alpha value is -2.25. The largest absolute Gasteiger partial charge is 0.416 e. The molecule has 4 rings (SSSR count). The quantitative estimate of drug-likeness (QED) is 0.379. The van der Waals surface area contributed by atoms with Crippen molar-refractivity contribution < 1.29 is 18.0 Å². The third-order valence-electron chi connectivity index (χ3n) is 5.90. The number of nitrogens with zero attached hydrogens (tertiary/aromatic N) is 1. The summed E-state index contributed by atoms with van der Waals surface area (Å²) in [4.78, 5) is 14.7. The van der Waals surface area contributed by atoms with Crippen LogP contribution in [0.3, 0.4) is 0 Å². The van der Waals surface area contributed by atoms with Gasteiger partial charge in [-0.1, -0.05) is 67.4 Å². The lowest BCUT2D eigenvalue weighted by atomic mass is 9.73. The number of nitrogens with one attached hydrogen (secondary N) is 1. The number of para-hydroxylation sites is 1. The second kappa shape index (κ2) is 9.78. The molecule has 3 aromatic carbocycles. The average molecular weight is 530 g/mol. The molecule has 1 amide bonds. The van der Waals surface area contributed by atoms with Crippen LogP contribution in [0.5, 0.6) is 0 Å². The number of rotatable bonds is 4. The number of benzene rings is 3. The van der Waals surface area contributed by atoms with Gasteiger partial charge in [-0.2, -0.15) is 13.2 Å². The van der Waals surface area contributed by atoms with E-state index < -0.39 is 17.2 Å². The van der Waals surface area contributed by atoms with Crippen molar-refractivity contribution >= 4 is 52.9 Å². The van der Waals surface area contributed by atoms with Gasteiger partial charge in [0.15, 0.2) is 0 Å². The highest BCUT2D eigenvalue weighted by molar-refractivity contribution is 6.42. The topological polar surface area (TPSA) is 32.3 Å². The number of halogens is 6.